The van der Waals surface area contributed by atoms with Crippen LogP contribution >= 0.6 is 0 Å². The highest BCUT2D eigenvalue weighted by molar-refractivity contribution is 5.76. The van der Waals surface area contributed by atoms with Crippen molar-refractivity contribution >= 4 is 5.91 Å². The first kappa shape index (κ1) is 13.7. The lowest BCUT2D eigenvalue weighted by molar-refractivity contribution is -0.133. The molecule has 0 bridgehead atoms. The average Bonchev–Trinajstić information content (AvgIpc) is 3.18. The fraction of sp³-hybridized carbons (Fsp3) is 0.750. The van der Waals surface area contributed by atoms with Crippen LogP contribution in [-0.2, 0) is 4.79 Å². The van der Waals surface area contributed by atoms with Crippen LogP contribution in [0.5, 0.6) is 0 Å². The molecule has 20 heavy (non-hydrogen) atoms. The van der Waals surface area contributed by atoms with Gasteiger partial charge in [0.15, 0.2) is 0 Å². The number of nitrogens with zero attached hydrogens (tertiary/aromatic N) is 3. The smallest absolute Gasteiger partial charge is 0.222 e. The van der Waals surface area contributed by atoms with E-state index in [0.717, 1.165) is 44.7 Å². The van der Waals surface area contributed by atoms with Crippen molar-refractivity contribution in [2.24, 2.45) is 5.92 Å². The van der Waals surface area contributed by atoms with Gasteiger partial charge in [0.2, 0.25) is 5.91 Å². The predicted octanol–water partition coefficient (Wildman–Crippen LogP) is 3.02. The summed E-state index contributed by atoms with van der Waals surface area (Å²) >= 11 is 0. The van der Waals surface area contributed by atoms with E-state index in [1.54, 1.807) is 0 Å². The molecule has 0 unspecified atom stereocenters. The first-order valence-corrected chi connectivity index (χ1v) is 8.10. The van der Waals surface area contributed by atoms with Gasteiger partial charge in [-0.3, -0.25) is 9.48 Å². The zero-order valence-electron chi connectivity index (χ0n) is 12.2. The van der Waals surface area contributed by atoms with Crippen molar-refractivity contribution in [1.29, 1.82) is 0 Å². The molecule has 0 spiro atoms. The molecule has 1 aliphatic heterocycles. The minimum absolute atomic E-state index is 0.355. The molecule has 4 nitrogen and oxygen atoms in total. The summed E-state index contributed by atoms with van der Waals surface area (Å²) in [7, 11) is 0. The number of amides is 1. The highest BCUT2D eigenvalue weighted by atomic mass is 16.2. The van der Waals surface area contributed by atoms with Crippen LogP contribution in [-0.4, -0.2) is 33.7 Å². The third-order valence-corrected chi connectivity index (χ3v) is 4.89. The molecule has 1 aliphatic carbocycles. The fourth-order valence-electron chi connectivity index (χ4n) is 3.68. The largest absolute Gasteiger partial charge is 0.341 e. The lowest BCUT2D eigenvalue weighted by Gasteiger charge is -2.33. The van der Waals surface area contributed by atoms with E-state index in [4.69, 9.17) is 0 Å². The van der Waals surface area contributed by atoms with Gasteiger partial charge in [0.05, 0.1) is 6.04 Å². The molecule has 1 saturated heterocycles. The number of likely N-dealkylation sites (tertiary alicyclic amines) is 1. The molecule has 1 saturated carbocycles. The fourth-order valence-corrected chi connectivity index (χ4v) is 3.68. The van der Waals surface area contributed by atoms with Crippen molar-refractivity contribution in [2.75, 3.05) is 13.1 Å². The highest BCUT2D eigenvalue weighted by Gasteiger charge is 2.25. The van der Waals surface area contributed by atoms with E-state index < -0.39 is 0 Å². The van der Waals surface area contributed by atoms with Crippen molar-refractivity contribution in [3.8, 4) is 0 Å². The van der Waals surface area contributed by atoms with Crippen molar-refractivity contribution in [3.05, 3.63) is 18.5 Å². The van der Waals surface area contributed by atoms with Crippen LogP contribution in [0.4, 0.5) is 0 Å². The Hall–Kier alpha value is -1.32. The molecule has 2 heterocycles. The van der Waals surface area contributed by atoms with Crippen LogP contribution < -0.4 is 0 Å². The Labute approximate surface area is 121 Å². The summed E-state index contributed by atoms with van der Waals surface area (Å²) < 4.78 is 2.01. The lowest BCUT2D eigenvalue weighted by atomic mass is 10.00. The topological polar surface area (TPSA) is 38.1 Å². The second kappa shape index (κ2) is 6.42. The van der Waals surface area contributed by atoms with Crippen LogP contribution in [0.15, 0.2) is 18.5 Å². The van der Waals surface area contributed by atoms with Crippen LogP contribution in [0.25, 0.3) is 0 Å². The molecule has 0 radical (unpaired) electrons. The van der Waals surface area contributed by atoms with Crippen molar-refractivity contribution in [1.82, 2.24) is 14.7 Å². The molecule has 4 heteroatoms. The summed E-state index contributed by atoms with van der Waals surface area (Å²) in [4.78, 5) is 14.4. The van der Waals surface area contributed by atoms with Crippen LogP contribution in [0.3, 0.4) is 0 Å². The third-order valence-electron chi connectivity index (χ3n) is 4.89. The normalized spacial score (nSPS) is 24.2. The Morgan fingerprint density at radius 1 is 1.20 bits per heavy atom. The molecule has 0 N–H and O–H groups in total. The third kappa shape index (κ3) is 3.22. The lowest BCUT2D eigenvalue weighted by Crippen LogP contribution is -2.40. The summed E-state index contributed by atoms with van der Waals surface area (Å²) in [6.07, 6.45) is 13.3. The molecule has 2 aliphatic rings. The Morgan fingerprint density at radius 2 is 2.05 bits per heavy atom. The number of piperidine rings is 1. The van der Waals surface area contributed by atoms with Gasteiger partial charge in [0.25, 0.3) is 0 Å². The average molecular weight is 275 g/mol. The molecular weight excluding hydrogens is 250 g/mol. The number of rotatable bonds is 4. The van der Waals surface area contributed by atoms with Crippen LogP contribution in [0.2, 0.25) is 0 Å². The van der Waals surface area contributed by atoms with Crippen molar-refractivity contribution in [3.63, 3.8) is 0 Å². The molecular formula is C16H25N3O. The highest BCUT2D eigenvalue weighted by Crippen LogP contribution is 2.29. The minimum Gasteiger partial charge on any atom is -0.341 e. The first-order valence-electron chi connectivity index (χ1n) is 8.10. The monoisotopic (exact) mass is 275 g/mol. The van der Waals surface area contributed by atoms with Gasteiger partial charge in [-0.1, -0.05) is 25.7 Å². The van der Waals surface area contributed by atoms with E-state index in [0.29, 0.717) is 11.9 Å². The number of aromatic nitrogens is 2. The van der Waals surface area contributed by atoms with Crippen LogP contribution in [0.1, 0.15) is 57.4 Å². The molecule has 2 fully saturated rings. The maximum Gasteiger partial charge on any atom is 0.222 e. The predicted molar refractivity (Wildman–Crippen MR) is 78.3 cm³/mol. The quantitative estimate of drug-likeness (QED) is 0.847. The van der Waals surface area contributed by atoms with Gasteiger partial charge < -0.3 is 4.90 Å². The molecule has 1 atom stereocenters. The number of carbonyl (C=O) groups is 1. The maximum atomic E-state index is 12.4. The van der Waals surface area contributed by atoms with Crippen molar-refractivity contribution < 1.29 is 4.79 Å². The van der Waals surface area contributed by atoms with E-state index in [-0.39, 0.29) is 0 Å². The summed E-state index contributed by atoms with van der Waals surface area (Å²) in [5.41, 5.74) is 0. The molecule has 110 valence electrons. The molecule has 1 aromatic heterocycles. The van der Waals surface area contributed by atoms with E-state index in [2.05, 4.69) is 10.00 Å². The first-order chi connectivity index (χ1) is 9.83. The second-order valence-electron chi connectivity index (χ2n) is 6.31. The van der Waals surface area contributed by atoms with E-state index >= 15 is 0 Å². The summed E-state index contributed by atoms with van der Waals surface area (Å²) in [5, 5.41) is 4.32. The summed E-state index contributed by atoms with van der Waals surface area (Å²) in [6, 6.07) is 2.33. The van der Waals surface area contributed by atoms with E-state index in [1.165, 1.54) is 25.7 Å². The Kier molecular flexibility index (Phi) is 4.38. The van der Waals surface area contributed by atoms with Gasteiger partial charge >= 0.3 is 0 Å². The summed E-state index contributed by atoms with van der Waals surface area (Å²) in [6.45, 7) is 1.77. The van der Waals surface area contributed by atoms with E-state index in [1.807, 2.05) is 23.1 Å². The summed E-state index contributed by atoms with van der Waals surface area (Å²) in [5.74, 6) is 1.17. The van der Waals surface area contributed by atoms with Crippen molar-refractivity contribution in [2.45, 2.75) is 57.4 Å². The molecule has 0 aromatic carbocycles. The SMILES string of the molecule is O=C(CCC1CCCC1)N1CCC[C@H](n2cccn2)C1. The molecule has 3 rings (SSSR count). The van der Waals surface area contributed by atoms with Gasteiger partial charge in [-0.05, 0) is 31.2 Å². The van der Waals surface area contributed by atoms with Gasteiger partial charge in [0.1, 0.15) is 0 Å². The molecule has 1 aromatic rings. The molecule has 1 amide bonds. The number of hydrogen-bond acceptors (Lipinski definition) is 2. The number of carbonyl (C=O) groups excluding carboxylic acids is 1. The standard InChI is InChI=1S/C16H25N3O/c20-16(9-8-14-5-1-2-6-14)18-11-3-7-15(13-18)19-12-4-10-17-19/h4,10,12,14-15H,1-3,5-9,11,13H2/t15-/m0/s1. The Morgan fingerprint density at radius 3 is 2.80 bits per heavy atom. The van der Waals surface area contributed by atoms with Gasteiger partial charge in [-0.2, -0.15) is 5.10 Å². The van der Waals surface area contributed by atoms with Gasteiger partial charge in [-0.25, -0.2) is 0 Å². The second-order valence-corrected chi connectivity index (χ2v) is 6.31. The zero-order valence-corrected chi connectivity index (χ0v) is 12.2. The Bertz CT molecular complexity index is 423. The maximum absolute atomic E-state index is 12.4. The number of hydrogen-bond donors (Lipinski definition) is 0. The van der Waals surface area contributed by atoms with Crippen LogP contribution in [0, 0.1) is 5.92 Å². The zero-order chi connectivity index (χ0) is 13.8. The minimum atomic E-state index is 0.355. The van der Waals surface area contributed by atoms with E-state index in [9.17, 15) is 4.79 Å². The van der Waals surface area contributed by atoms with Gasteiger partial charge in [0, 0.05) is 31.9 Å². The van der Waals surface area contributed by atoms with Gasteiger partial charge in [-0.15, -0.1) is 0 Å². The Balaban J connectivity index is 1.49.